The molecule has 0 aromatic heterocycles. The minimum atomic E-state index is -0.778. The van der Waals surface area contributed by atoms with Crippen LogP contribution in [0.25, 0.3) is 0 Å². The van der Waals surface area contributed by atoms with Gasteiger partial charge in [-0.2, -0.15) is 0 Å². The number of primary amides is 1. The molecule has 0 aliphatic heterocycles. The van der Waals surface area contributed by atoms with Crippen LogP contribution in [0.2, 0.25) is 0 Å². The van der Waals surface area contributed by atoms with Gasteiger partial charge < -0.3 is 16.2 Å². The predicted molar refractivity (Wildman–Crippen MR) is 63.6 cm³/mol. The van der Waals surface area contributed by atoms with E-state index in [2.05, 4.69) is 4.74 Å². The maximum atomic E-state index is 10.6. The highest BCUT2D eigenvalue weighted by atomic mass is 16.5. The Hall–Kier alpha value is -1.10. The smallest absolute Gasteiger partial charge is 0.293 e. The lowest BCUT2D eigenvalue weighted by molar-refractivity contribution is -0.138. The zero-order valence-electron chi connectivity index (χ0n) is 10.9. The highest BCUT2D eigenvalue weighted by molar-refractivity contribution is 5.84. The van der Waals surface area contributed by atoms with Crippen LogP contribution in [0.1, 0.15) is 47.5 Å². The van der Waals surface area contributed by atoms with E-state index >= 15 is 0 Å². The van der Waals surface area contributed by atoms with Gasteiger partial charge in [0.2, 0.25) is 5.91 Å². The Kier molecular flexibility index (Phi) is 7.81. The number of carbonyl (C=O) groups excluding carboxylic acids is 2. The van der Waals surface area contributed by atoms with Crippen LogP contribution >= 0.6 is 0 Å². The fourth-order valence-electron chi connectivity index (χ4n) is 0.743. The number of rotatable bonds is 4. The van der Waals surface area contributed by atoms with Gasteiger partial charge in [0, 0.05) is 0 Å². The number of nitrogens with two attached hydrogens (primary N) is 2. The number of hydrogen-bond acceptors (Lipinski definition) is 4. The summed E-state index contributed by atoms with van der Waals surface area (Å²) in [5.74, 6) is -0.410. The van der Waals surface area contributed by atoms with Crippen molar-refractivity contribution in [1.29, 1.82) is 0 Å². The molecule has 5 heteroatoms. The van der Waals surface area contributed by atoms with Crippen LogP contribution in [0.5, 0.6) is 0 Å². The number of hydrogen-bond donors (Lipinski definition) is 2. The molecule has 0 atom stereocenters. The molecule has 0 aliphatic carbocycles. The second-order valence-electron chi connectivity index (χ2n) is 4.55. The van der Waals surface area contributed by atoms with Crippen molar-refractivity contribution in [3.8, 4) is 0 Å². The van der Waals surface area contributed by atoms with Crippen LogP contribution < -0.4 is 11.5 Å². The summed E-state index contributed by atoms with van der Waals surface area (Å²) in [7, 11) is 0. The van der Waals surface area contributed by atoms with Gasteiger partial charge in [0.15, 0.2) is 0 Å². The van der Waals surface area contributed by atoms with Crippen molar-refractivity contribution in [3.63, 3.8) is 0 Å². The highest BCUT2D eigenvalue weighted by Crippen LogP contribution is 2.08. The Morgan fingerprint density at radius 2 is 1.62 bits per heavy atom. The van der Waals surface area contributed by atoms with Gasteiger partial charge in [-0.15, -0.1) is 0 Å². The molecule has 0 aromatic rings. The summed E-state index contributed by atoms with van der Waals surface area (Å²) in [6, 6.07) is 0. The molecule has 0 radical (unpaired) electrons. The monoisotopic (exact) mass is 232 g/mol. The fourth-order valence-corrected chi connectivity index (χ4v) is 0.743. The zero-order chi connectivity index (χ0) is 13.4. The first-order valence-corrected chi connectivity index (χ1v) is 5.33. The Labute approximate surface area is 97.5 Å². The molecule has 0 heterocycles. The van der Waals surface area contributed by atoms with Gasteiger partial charge in [-0.3, -0.25) is 9.59 Å². The number of ether oxygens (including phenoxy) is 1. The maximum absolute atomic E-state index is 10.6. The van der Waals surface area contributed by atoms with Crippen LogP contribution in [0, 0.1) is 0 Å². The summed E-state index contributed by atoms with van der Waals surface area (Å²) in [6.07, 6.45) is 1.22. The molecule has 1 amide bonds. The maximum Gasteiger partial charge on any atom is 0.293 e. The Balaban J connectivity index is 0. The van der Waals surface area contributed by atoms with Crippen molar-refractivity contribution < 1.29 is 14.3 Å². The number of carbonyl (C=O) groups is 2. The van der Waals surface area contributed by atoms with E-state index in [-0.39, 0.29) is 5.60 Å². The van der Waals surface area contributed by atoms with E-state index in [1.807, 2.05) is 34.6 Å². The fraction of sp³-hybridized carbons (Fsp3) is 0.818. The largest absolute Gasteiger partial charge is 0.462 e. The van der Waals surface area contributed by atoms with E-state index in [1.165, 1.54) is 0 Å². The van der Waals surface area contributed by atoms with Crippen molar-refractivity contribution >= 4 is 12.4 Å². The molecule has 0 saturated heterocycles. The standard InChI is InChI=1S/C6H14N2O.C5H10O2/c1-3-6(8,4-2)5(7)9;1-5(2,3)7-4-6/h3-4,8H2,1-2H3,(H2,7,9);4H,1-3H3. The van der Waals surface area contributed by atoms with E-state index < -0.39 is 11.4 Å². The molecular formula is C11H24N2O3. The van der Waals surface area contributed by atoms with Gasteiger partial charge in [0.1, 0.15) is 5.60 Å². The normalized spacial score (nSPS) is 11.1. The molecule has 0 aliphatic rings. The molecule has 0 aromatic carbocycles. The van der Waals surface area contributed by atoms with Gasteiger partial charge in [-0.25, -0.2) is 0 Å². The number of amides is 1. The first-order chi connectivity index (χ1) is 7.13. The van der Waals surface area contributed by atoms with Crippen LogP contribution in [0.15, 0.2) is 0 Å². The molecule has 96 valence electrons. The summed E-state index contributed by atoms with van der Waals surface area (Å²) in [5.41, 5.74) is 9.50. The SMILES string of the molecule is CC(C)(C)OC=O.CCC(N)(CC)C(N)=O. The topological polar surface area (TPSA) is 95.4 Å². The van der Waals surface area contributed by atoms with Crippen molar-refractivity contribution in [2.75, 3.05) is 0 Å². The molecule has 4 N–H and O–H groups in total. The summed E-state index contributed by atoms with van der Waals surface area (Å²) in [6.45, 7) is 9.63. The van der Waals surface area contributed by atoms with Crippen LogP contribution in [-0.4, -0.2) is 23.5 Å². The molecule has 0 spiro atoms. The lowest BCUT2D eigenvalue weighted by Crippen LogP contribution is -2.50. The summed E-state index contributed by atoms with van der Waals surface area (Å²) < 4.78 is 4.55. The van der Waals surface area contributed by atoms with E-state index in [0.717, 1.165) is 0 Å². The summed E-state index contributed by atoms with van der Waals surface area (Å²) in [5, 5.41) is 0. The molecule has 0 bridgehead atoms. The Bertz CT molecular complexity index is 218. The van der Waals surface area contributed by atoms with Gasteiger partial charge in [-0.05, 0) is 33.6 Å². The van der Waals surface area contributed by atoms with Crippen LogP contribution in [0.3, 0.4) is 0 Å². The lowest BCUT2D eigenvalue weighted by atomic mass is 9.94. The first-order valence-electron chi connectivity index (χ1n) is 5.33. The molecular weight excluding hydrogens is 208 g/mol. The molecule has 5 nitrogen and oxygen atoms in total. The van der Waals surface area contributed by atoms with Gasteiger partial charge in [-0.1, -0.05) is 13.8 Å². The third-order valence-corrected chi connectivity index (χ3v) is 2.15. The van der Waals surface area contributed by atoms with Crippen LogP contribution in [-0.2, 0) is 14.3 Å². The molecule has 0 unspecified atom stereocenters. The minimum Gasteiger partial charge on any atom is -0.462 e. The summed E-state index contributed by atoms with van der Waals surface area (Å²) >= 11 is 0. The van der Waals surface area contributed by atoms with E-state index in [1.54, 1.807) is 0 Å². The third kappa shape index (κ3) is 8.23. The van der Waals surface area contributed by atoms with Gasteiger partial charge >= 0.3 is 0 Å². The minimum absolute atomic E-state index is 0.318. The lowest BCUT2D eigenvalue weighted by Gasteiger charge is -2.21. The second kappa shape index (κ2) is 7.22. The van der Waals surface area contributed by atoms with E-state index in [4.69, 9.17) is 11.5 Å². The van der Waals surface area contributed by atoms with Crippen molar-refractivity contribution in [2.45, 2.75) is 58.6 Å². The van der Waals surface area contributed by atoms with Gasteiger partial charge in [0.05, 0.1) is 5.54 Å². The van der Waals surface area contributed by atoms with Crippen molar-refractivity contribution in [2.24, 2.45) is 11.5 Å². The third-order valence-electron chi connectivity index (χ3n) is 2.15. The molecule has 0 rings (SSSR count). The van der Waals surface area contributed by atoms with Crippen molar-refractivity contribution in [3.05, 3.63) is 0 Å². The predicted octanol–water partition coefficient (Wildman–Crippen LogP) is 0.947. The average Bonchev–Trinajstić information content (AvgIpc) is 2.15. The van der Waals surface area contributed by atoms with Gasteiger partial charge in [0.25, 0.3) is 6.47 Å². The quantitative estimate of drug-likeness (QED) is 0.705. The average molecular weight is 232 g/mol. The molecule has 16 heavy (non-hydrogen) atoms. The highest BCUT2D eigenvalue weighted by Gasteiger charge is 2.26. The summed E-state index contributed by atoms with van der Waals surface area (Å²) in [4.78, 5) is 20.2. The van der Waals surface area contributed by atoms with E-state index in [9.17, 15) is 9.59 Å². The van der Waals surface area contributed by atoms with E-state index in [0.29, 0.717) is 19.3 Å². The Morgan fingerprint density at radius 1 is 1.25 bits per heavy atom. The Morgan fingerprint density at radius 3 is 1.62 bits per heavy atom. The molecule has 0 saturated carbocycles. The zero-order valence-corrected chi connectivity index (χ0v) is 10.9. The van der Waals surface area contributed by atoms with Crippen LogP contribution in [0.4, 0.5) is 0 Å². The second-order valence-corrected chi connectivity index (χ2v) is 4.55. The first kappa shape index (κ1) is 17.3. The van der Waals surface area contributed by atoms with Crippen molar-refractivity contribution in [1.82, 2.24) is 0 Å². The molecule has 0 fully saturated rings.